The van der Waals surface area contributed by atoms with Crippen molar-refractivity contribution in [3.05, 3.63) is 29.6 Å². The molecule has 1 aliphatic heterocycles. The minimum atomic E-state index is -0.261. The summed E-state index contributed by atoms with van der Waals surface area (Å²) in [7, 11) is 2.09. The van der Waals surface area contributed by atoms with Crippen LogP contribution >= 0.6 is 0 Å². The van der Waals surface area contributed by atoms with Crippen molar-refractivity contribution in [2.24, 2.45) is 17.6 Å². The Morgan fingerprint density at radius 1 is 1.24 bits per heavy atom. The van der Waals surface area contributed by atoms with Crippen LogP contribution in [-0.2, 0) is 11.3 Å². The van der Waals surface area contributed by atoms with E-state index in [-0.39, 0.29) is 23.6 Å². The number of carbonyl (C=O) groups excluding carboxylic acids is 1. The Hall–Kier alpha value is -1.66. The van der Waals surface area contributed by atoms with Crippen molar-refractivity contribution >= 4 is 11.6 Å². The zero-order chi connectivity index (χ0) is 18.4. The molecule has 140 valence electrons. The summed E-state index contributed by atoms with van der Waals surface area (Å²) in [6.45, 7) is 8.58. The van der Waals surface area contributed by atoms with Gasteiger partial charge in [-0.1, -0.05) is 13.8 Å². The summed E-state index contributed by atoms with van der Waals surface area (Å²) in [6.07, 6.45) is 0.666. The molecule has 1 aliphatic rings. The number of hydrogen-bond donors (Lipinski definition) is 2. The Balaban J connectivity index is 2.01. The number of likely N-dealkylation sites (N-methyl/N-ethyl adjacent to an activating group) is 1. The lowest BCUT2D eigenvalue weighted by Gasteiger charge is -2.34. The van der Waals surface area contributed by atoms with E-state index < -0.39 is 0 Å². The number of hydrogen-bond acceptors (Lipinski definition) is 4. The maximum atomic E-state index is 14.0. The minimum absolute atomic E-state index is 0.00846. The summed E-state index contributed by atoms with van der Waals surface area (Å²) in [5.41, 5.74) is 7.28. The van der Waals surface area contributed by atoms with Gasteiger partial charge in [-0.3, -0.25) is 4.79 Å². The molecule has 1 aromatic carbocycles. The molecule has 3 N–H and O–H groups in total. The van der Waals surface area contributed by atoms with Crippen LogP contribution in [0.3, 0.4) is 0 Å². The molecule has 1 fully saturated rings. The third-order valence-electron chi connectivity index (χ3n) is 4.90. The zero-order valence-electron chi connectivity index (χ0n) is 15.6. The first-order valence-corrected chi connectivity index (χ1v) is 9.11. The largest absolute Gasteiger partial charge is 0.369 e. The van der Waals surface area contributed by atoms with E-state index in [0.29, 0.717) is 19.5 Å². The van der Waals surface area contributed by atoms with E-state index in [2.05, 4.69) is 22.2 Å². The smallest absolute Gasteiger partial charge is 0.223 e. The predicted molar refractivity (Wildman–Crippen MR) is 100.0 cm³/mol. The van der Waals surface area contributed by atoms with Crippen molar-refractivity contribution in [1.29, 1.82) is 0 Å². The highest BCUT2D eigenvalue weighted by Gasteiger charge is 2.21. The second-order valence-electron chi connectivity index (χ2n) is 7.25. The first-order valence-electron chi connectivity index (χ1n) is 9.11. The highest BCUT2D eigenvalue weighted by molar-refractivity contribution is 5.78. The van der Waals surface area contributed by atoms with E-state index in [1.165, 1.54) is 6.07 Å². The minimum Gasteiger partial charge on any atom is -0.369 e. The number of nitrogens with two attached hydrogens (primary N) is 1. The highest BCUT2D eigenvalue weighted by atomic mass is 19.1. The van der Waals surface area contributed by atoms with E-state index >= 15 is 0 Å². The van der Waals surface area contributed by atoms with Crippen LogP contribution in [0.15, 0.2) is 18.2 Å². The molecule has 1 aromatic rings. The molecule has 25 heavy (non-hydrogen) atoms. The van der Waals surface area contributed by atoms with Crippen LogP contribution in [0, 0.1) is 17.7 Å². The first kappa shape index (κ1) is 19.7. The van der Waals surface area contributed by atoms with Crippen molar-refractivity contribution in [2.75, 3.05) is 44.7 Å². The monoisotopic (exact) mass is 350 g/mol. The number of piperazine rings is 1. The van der Waals surface area contributed by atoms with E-state index in [0.717, 1.165) is 37.4 Å². The number of halogens is 1. The molecule has 0 aliphatic carbocycles. The molecule has 6 heteroatoms. The average molecular weight is 350 g/mol. The topological polar surface area (TPSA) is 61.6 Å². The Morgan fingerprint density at radius 2 is 1.92 bits per heavy atom. The fourth-order valence-electron chi connectivity index (χ4n) is 3.25. The van der Waals surface area contributed by atoms with Crippen LogP contribution in [0.25, 0.3) is 0 Å². The van der Waals surface area contributed by atoms with Crippen molar-refractivity contribution in [3.63, 3.8) is 0 Å². The average Bonchev–Trinajstić information content (AvgIpc) is 2.57. The van der Waals surface area contributed by atoms with Crippen molar-refractivity contribution in [3.8, 4) is 0 Å². The molecule has 0 saturated carbocycles. The van der Waals surface area contributed by atoms with Gasteiger partial charge in [0.15, 0.2) is 0 Å². The number of amides is 1. The van der Waals surface area contributed by atoms with E-state index in [9.17, 15) is 9.18 Å². The Morgan fingerprint density at radius 3 is 2.52 bits per heavy atom. The summed E-state index contributed by atoms with van der Waals surface area (Å²) in [4.78, 5) is 16.8. The number of anilines is 1. The molecule has 0 spiro atoms. The molecular formula is C19H31FN4O. The summed E-state index contributed by atoms with van der Waals surface area (Å²) in [5.74, 6) is -0.137. The molecule has 0 aromatic heterocycles. The first-order chi connectivity index (χ1) is 11.9. The summed E-state index contributed by atoms with van der Waals surface area (Å²) in [6, 6.07) is 5.04. The molecule has 1 amide bonds. The molecule has 1 atom stereocenters. The van der Waals surface area contributed by atoms with Crippen molar-refractivity contribution in [2.45, 2.75) is 26.8 Å². The molecule has 5 nitrogen and oxygen atoms in total. The normalized spacial score (nSPS) is 17.0. The van der Waals surface area contributed by atoms with Crippen LogP contribution < -0.4 is 16.0 Å². The Bertz CT molecular complexity index is 571. The van der Waals surface area contributed by atoms with Crippen LogP contribution in [-0.4, -0.2) is 50.6 Å². The molecular weight excluding hydrogens is 319 g/mol. The molecule has 1 heterocycles. The molecule has 0 bridgehead atoms. The molecule has 2 rings (SSSR count). The lowest BCUT2D eigenvalue weighted by atomic mass is 9.91. The zero-order valence-corrected chi connectivity index (χ0v) is 15.6. The second kappa shape index (κ2) is 9.15. The number of nitrogens with zero attached hydrogens (tertiary/aromatic N) is 2. The molecule has 1 unspecified atom stereocenters. The van der Waals surface area contributed by atoms with Crippen LogP contribution in [0.2, 0.25) is 0 Å². The second-order valence-corrected chi connectivity index (χ2v) is 7.25. The third-order valence-corrected chi connectivity index (χ3v) is 4.90. The van der Waals surface area contributed by atoms with Gasteiger partial charge < -0.3 is 20.9 Å². The fourth-order valence-corrected chi connectivity index (χ4v) is 3.25. The molecule has 1 saturated heterocycles. The van der Waals surface area contributed by atoms with E-state index in [1.807, 2.05) is 19.9 Å². The fraction of sp³-hybridized carbons (Fsp3) is 0.632. The summed E-state index contributed by atoms with van der Waals surface area (Å²) in [5, 5.41) is 2.94. The van der Waals surface area contributed by atoms with Crippen molar-refractivity contribution in [1.82, 2.24) is 10.2 Å². The van der Waals surface area contributed by atoms with Crippen LogP contribution in [0.5, 0.6) is 0 Å². The van der Waals surface area contributed by atoms with Crippen molar-refractivity contribution < 1.29 is 9.18 Å². The van der Waals surface area contributed by atoms with E-state index in [1.54, 1.807) is 6.07 Å². The van der Waals surface area contributed by atoms with Gasteiger partial charge in [-0.25, -0.2) is 4.39 Å². The van der Waals surface area contributed by atoms with Gasteiger partial charge >= 0.3 is 0 Å². The quantitative estimate of drug-likeness (QED) is 0.787. The standard InChI is InChI=1S/C19H31FN4O/c1-14(2)18(4-5-21)19(25)22-13-15-10-16(20)12-17(11-15)24-8-6-23(3)7-9-24/h10-12,14,18H,4-9,13,21H2,1-3H3,(H,22,25). The summed E-state index contributed by atoms with van der Waals surface area (Å²) >= 11 is 0. The number of benzene rings is 1. The predicted octanol–water partition coefficient (Wildman–Crippen LogP) is 1.81. The van der Waals surface area contributed by atoms with Gasteiger partial charge in [-0.15, -0.1) is 0 Å². The van der Waals surface area contributed by atoms with Gasteiger partial charge in [0.2, 0.25) is 5.91 Å². The number of nitrogens with one attached hydrogen (secondary N) is 1. The SMILES string of the molecule is CC(C)C(CCN)C(=O)NCc1cc(F)cc(N2CCN(C)CC2)c1. The Labute approximate surface area is 150 Å². The summed E-state index contributed by atoms with van der Waals surface area (Å²) < 4.78 is 14.0. The lowest BCUT2D eigenvalue weighted by molar-refractivity contribution is -0.126. The Kier molecular flexibility index (Phi) is 7.20. The van der Waals surface area contributed by atoms with Crippen LogP contribution in [0.4, 0.5) is 10.1 Å². The number of rotatable bonds is 7. The molecule has 0 radical (unpaired) electrons. The van der Waals surface area contributed by atoms with Gasteiger partial charge in [0.1, 0.15) is 5.82 Å². The van der Waals surface area contributed by atoms with Crippen LogP contribution in [0.1, 0.15) is 25.8 Å². The maximum absolute atomic E-state index is 14.0. The van der Waals surface area contributed by atoms with Gasteiger partial charge in [0.25, 0.3) is 0 Å². The highest BCUT2D eigenvalue weighted by Crippen LogP contribution is 2.21. The van der Waals surface area contributed by atoms with Gasteiger partial charge in [-0.05, 0) is 49.7 Å². The lowest BCUT2D eigenvalue weighted by Crippen LogP contribution is -2.44. The maximum Gasteiger partial charge on any atom is 0.223 e. The van der Waals surface area contributed by atoms with Gasteiger partial charge in [-0.2, -0.15) is 0 Å². The third kappa shape index (κ3) is 5.68. The van der Waals surface area contributed by atoms with E-state index in [4.69, 9.17) is 5.73 Å². The van der Waals surface area contributed by atoms with Gasteiger partial charge in [0, 0.05) is 44.3 Å². The number of carbonyl (C=O) groups is 1. The van der Waals surface area contributed by atoms with Gasteiger partial charge in [0.05, 0.1) is 0 Å².